The largest absolute Gasteiger partial charge is 0.342 e. The molecule has 0 aromatic heterocycles. The Morgan fingerprint density at radius 2 is 2.38 bits per heavy atom. The lowest BCUT2D eigenvalue weighted by atomic mass is 9.99. The molecule has 1 amide bonds. The highest BCUT2D eigenvalue weighted by atomic mass is 35.5. The fourth-order valence-corrected chi connectivity index (χ4v) is 1.90. The number of alkyl halides is 1. The molecule has 1 saturated heterocycles. The third-order valence-corrected chi connectivity index (χ3v) is 3.08. The lowest BCUT2D eigenvalue weighted by Gasteiger charge is -2.32. The van der Waals surface area contributed by atoms with E-state index in [1.165, 1.54) is 6.42 Å². The molecule has 1 aliphatic heterocycles. The van der Waals surface area contributed by atoms with E-state index in [2.05, 4.69) is 6.92 Å². The molecule has 2 atom stereocenters. The van der Waals surface area contributed by atoms with Gasteiger partial charge >= 0.3 is 0 Å². The van der Waals surface area contributed by atoms with E-state index in [-0.39, 0.29) is 11.8 Å². The molecule has 0 bridgehead atoms. The predicted molar refractivity (Wildman–Crippen MR) is 54.9 cm³/mol. The van der Waals surface area contributed by atoms with Crippen LogP contribution < -0.4 is 0 Å². The number of nitrogens with zero attached hydrogens (tertiary/aromatic N) is 1. The van der Waals surface area contributed by atoms with Crippen LogP contribution in [0.15, 0.2) is 0 Å². The van der Waals surface area contributed by atoms with E-state index >= 15 is 0 Å². The van der Waals surface area contributed by atoms with Crippen LogP contribution in [0, 0.1) is 11.8 Å². The van der Waals surface area contributed by atoms with Crippen LogP contribution in [0.25, 0.3) is 0 Å². The van der Waals surface area contributed by atoms with Crippen molar-refractivity contribution in [3.63, 3.8) is 0 Å². The number of amides is 1. The number of piperidine rings is 1. The fraction of sp³-hybridized carbons (Fsp3) is 0.900. The second kappa shape index (κ2) is 4.85. The highest BCUT2D eigenvalue weighted by molar-refractivity contribution is 6.19. The minimum atomic E-state index is -0.0213. The summed E-state index contributed by atoms with van der Waals surface area (Å²) in [6, 6.07) is 0. The predicted octanol–water partition coefficient (Wildman–Crippen LogP) is 2.12. The summed E-state index contributed by atoms with van der Waals surface area (Å²) in [6.45, 7) is 5.93. The third kappa shape index (κ3) is 2.87. The number of halogens is 1. The van der Waals surface area contributed by atoms with Gasteiger partial charge in [-0.2, -0.15) is 0 Å². The first-order chi connectivity index (χ1) is 6.15. The Morgan fingerprint density at radius 1 is 1.69 bits per heavy atom. The van der Waals surface area contributed by atoms with Crippen molar-refractivity contribution in [2.24, 2.45) is 11.8 Å². The highest BCUT2D eigenvalue weighted by Gasteiger charge is 2.23. The van der Waals surface area contributed by atoms with Gasteiger partial charge in [-0.25, -0.2) is 0 Å². The molecular formula is C10H18ClNO. The van der Waals surface area contributed by atoms with Crippen molar-refractivity contribution >= 4 is 17.5 Å². The van der Waals surface area contributed by atoms with Crippen molar-refractivity contribution in [2.75, 3.05) is 19.0 Å². The molecule has 0 N–H and O–H groups in total. The van der Waals surface area contributed by atoms with Crippen LogP contribution in [-0.2, 0) is 4.79 Å². The summed E-state index contributed by atoms with van der Waals surface area (Å²) in [5.41, 5.74) is 0. The maximum Gasteiger partial charge on any atom is 0.226 e. The molecule has 0 aromatic carbocycles. The van der Waals surface area contributed by atoms with Crippen molar-refractivity contribution in [1.29, 1.82) is 0 Å². The van der Waals surface area contributed by atoms with Crippen LogP contribution >= 0.6 is 11.6 Å². The van der Waals surface area contributed by atoms with Gasteiger partial charge in [-0.3, -0.25) is 4.79 Å². The molecule has 0 saturated carbocycles. The van der Waals surface area contributed by atoms with Gasteiger partial charge in [0, 0.05) is 24.9 Å². The fourth-order valence-electron chi connectivity index (χ4n) is 1.77. The molecule has 76 valence electrons. The number of likely N-dealkylation sites (tertiary alicyclic amines) is 1. The quantitative estimate of drug-likeness (QED) is 0.630. The van der Waals surface area contributed by atoms with E-state index in [0.29, 0.717) is 11.8 Å². The van der Waals surface area contributed by atoms with Crippen molar-refractivity contribution in [2.45, 2.75) is 26.7 Å². The van der Waals surface area contributed by atoms with Crippen molar-refractivity contribution in [3.05, 3.63) is 0 Å². The van der Waals surface area contributed by atoms with Crippen LogP contribution in [0.1, 0.15) is 26.7 Å². The summed E-state index contributed by atoms with van der Waals surface area (Å²) in [7, 11) is 0. The van der Waals surface area contributed by atoms with E-state index in [0.717, 1.165) is 19.5 Å². The molecule has 0 aliphatic carbocycles. The number of rotatable bonds is 2. The van der Waals surface area contributed by atoms with Crippen molar-refractivity contribution in [3.8, 4) is 0 Å². The van der Waals surface area contributed by atoms with Crippen LogP contribution in [0.3, 0.4) is 0 Å². The molecule has 1 rings (SSSR count). The number of carbonyl (C=O) groups is 1. The lowest BCUT2D eigenvalue weighted by Crippen LogP contribution is -2.42. The van der Waals surface area contributed by atoms with Gasteiger partial charge in [0.1, 0.15) is 0 Å². The average Bonchev–Trinajstić information content (AvgIpc) is 2.15. The molecule has 0 aromatic rings. The molecule has 0 radical (unpaired) electrons. The Morgan fingerprint density at radius 3 is 2.92 bits per heavy atom. The van der Waals surface area contributed by atoms with E-state index in [4.69, 9.17) is 11.6 Å². The van der Waals surface area contributed by atoms with Gasteiger partial charge in [0.25, 0.3) is 0 Å². The first-order valence-corrected chi connectivity index (χ1v) is 5.53. The van der Waals surface area contributed by atoms with Gasteiger partial charge in [0.2, 0.25) is 5.91 Å². The average molecular weight is 204 g/mol. The third-order valence-electron chi connectivity index (χ3n) is 2.62. The monoisotopic (exact) mass is 203 g/mol. The standard InChI is InChI=1S/C10H18ClNO/c1-8-4-3-5-12(7-8)10(13)9(2)6-11/h8-9H,3-7H2,1-2H3. The Labute approximate surface area is 85.2 Å². The van der Waals surface area contributed by atoms with Crippen LogP contribution in [0.2, 0.25) is 0 Å². The Balaban J connectivity index is 2.46. The van der Waals surface area contributed by atoms with Crippen molar-refractivity contribution in [1.82, 2.24) is 4.90 Å². The molecule has 2 unspecified atom stereocenters. The topological polar surface area (TPSA) is 20.3 Å². The van der Waals surface area contributed by atoms with Crippen LogP contribution in [-0.4, -0.2) is 29.8 Å². The maximum atomic E-state index is 11.7. The van der Waals surface area contributed by atoms with Gasteiger partial charge in [-0.05, 0) is 18.8 Å². The Bertz CT molecular complexity index is 184. The molecule has 1 heterocycles. The van der Waals surface area contributed by atoms with Gasteiger partial charge in [-0.15, -0.1) is 11.6 Å². The number of carbonyl (C=O) groups excluding carboxylic acids is 1. The van der Waals surface area contributed by atoms with E-state index in [1.807, 2.05) is 11.8 Å². The van der Waals surface area contributed by atoms with Crippen molar-refractivity contribution < 1.29 is 4.79 Å². The Hall–Kier alpha value is -0.240. The zero-order valence-electron chi connectivity index (χ0n) is 8.42. The van der Waals surface area contributed by atoms with E-state index < -0.39 is 0 Å². The summed E-state index contributed by atoms with van der Waals surface area (Å²) >= 11 is 5.65. The first-order valence-electron chi connectivity index (χ1n) is 5.00. The van der Waals surface area contributed by atoms with Gasteiger partial charge in [0.05, 0.1) is 0 Å². The molecule has 13 heavy (non-hydrogen) atoms. The normalized spacial score (nSPS) is 25.8. The molecule has 2 nitrogen and oxygen atoms in total. The zero-order chi connectivity index (χ0) is 9.84. The summed E-state index contributed by atoms with van der Waals surface area (Å²) in [5.74, 6) is 1.29. The van der Waals surface area contributed by atoms with Gasteiger partial charge < -0.3 is 4.90 Å². The van der Waals surface area contributed by atoms with E-state index in [1.54, 1.807) is 0 Å². The summed E-state index contributed by atoms with van der Waals surface area (Å²) in [6.07, 6.45) is 2.39. The summed E-state index contributed by atoms with van der Waals surface area (Å²) in [4.78, 5) is 13.7. The molecule has 1 fully saturated rings. The zero-order valence-corrected chi connectivity index (χ0v) is 9.18. The lowest BCUT2D eigenvalue weighted by molar-refractivity contribution is -0.136. The summed E-state index contributed by atoms with van der Waals surface area (Å²) < 4.78 is 0. The molecular weight excluding hydrogens is 186 g/mol. The highest BCUT2D eigenvalue weighted by Crippen LogP contribution is 2.17. The SMILES string of the molecule is CC1CCCN(C(=O)C(C)CCl)C1. The minimum Gasteiger partial charge on any atom is -0.342 e. The second-order valence-corrected chi connectivity index (χ2v) is 4.40. The van der Waals surface area contributed by atoms with Crippen LogP contribution in [0.5, 0.6) is 0 Å². The Kier molecular flexibility index (Phi) is 4.04. The van der Waals surface area contributed by atoms with Gasteiger partial charge in [-0.1, -0.05) is 13.8 Å². The first kappa shape index (κ1) is 10.8. The maximum absolute atomic E-state index is 11.7. The number of hydrogen-bond acceptors (Lipinski definition) is 1. The molecule has 0 spiro atoms. The molecule has 3 heteroatoms. The summed E-state index contributed by atoms with van der Waals surface area (Å²) in [5, 5.41) is 0. The minimum absolute atomic E-state index is 0.0213. The number of hydrogen-bond donors (Lipinski definition) is 0. The van der Waals surface area contributed by atoms with E-state index in [9.17, 15) is 4.79 Å². The molecule has 1 aliphatic rings. The van der Waals surface area contributed by atoms with Crippen LogP contribution in [0.4, 0.5) is 0 Å². The smallest absolute Gasteiger partial charge is 0.226 e. The van der Waals surface area contributed by atoms with Gasteiger partial charge in [0.15, 0.2) is 0 Å². The second-order valence-electron chi connectivity index (χ2n) is 4.09.